The zero-order valence-electron chi connectivity index (χ0n) is 15.3. The first kappa shape index (κ1) is 21.3. The average molecular weight is 407 g/mol. The number of thioether (sulfide) groups is 1. The minimum absolute atomic E-state index is 0.172. The summed E-state index contributed by atoms with van der Waals surface area (Å²) >= 11 is 7.31. The summed E-state index contributed by atoms with van der Waals surface area (Å²) in [5.74, 6) is -0.394. The van der Waals surface area contributed by atoms with E-state index in [-0.39, 0.29) is 17.1 Å². The summed E-state index contributed by atoms with van der Waals surface area (Å²) in [6.07, 6.45) is 0.728. The van der Waals surface area contributed by atoms with Crippen LogP contribution in [0, 0.1) is 0 Å². The van der Waals surface area contributed by atoms with Gasteiger partial charge in [0.1, 0.15) is 0 Å². The van der Waals surface area contributed by atoms with E-state index in [9.17, 15) is 9.59 Å². The molecule has 2 N–H and O–H groups in total. The molecular formula is C20H23ClN2O3S. The van der Waals surface area contributed by atoms with Crippen LogP contribution in [0.25, 0.3) is 0 Å². The highest BCUT2D eigenvalue weighted by Gasteiger charge is 2.18. The normalized spacial score (nSPS) is 11.7. The molecule has 1 atom stereocenters. The van der Waals surface area contributed by atoms with Crippen molar-refractivity contribution in [3.63, 3.8) is 0 Å². The maximum Gasteiger partial charge on any atom is 0.253 e. The number of para-hydroxylation sites is 1. The lowest BCUT2D eigenvalue weighted by Gasteiger charge is -2.15. The molecule has 0 spiro atoms. The lowest BCUT2D eigenvalue weighted by molar-refractivity contribution is -0.115. The van der Waals surface area contributed by atoms with Crippen molar-refractivity contribution in [3.05, 3.63) is 59.1 Å². The number of amides is 2. The third-order valence-corrected chi connectivity index (χ3v) is 5.10. The molecule has 144 valence electrons. The van der Waals surface area contributed by atoms with Crippen LogP contribution in [0.5, 0.6) is 0 Å². The Morgan fingerprint density at radius 2 is 1.85 bits per heavy atom. The van der Waals surface area contributed by atoms with E-state index in [1.807, 2.05) is 19.1 Å². The van der Waals surface area contributed by atoms with Gasteiger partial charge in [0, 0.05) is 30.2 Å². The zero-order valence-corrected chi connectivity index (χ0v) is 16.9. The van der Waals surface area contributed by atoms with Crippen LogP contribution in [-0.4, -0.2) is 37.3 Å². The number of hydrogen-bond acceptors (Lipinski definition) is 4. The van der Waals surface area contributed by atoms with Gasteiger partial charge in [-0.2, -0.15) is 0 Å². The van der Waals surface area contributed by atoms with Crippen LogP contribution in [0.4, 0.5) is 5.69 Å². The molecule has 2 amide bonds. The second kappa shape index (κ2) is 11.0. The fourth-order valence-electron chi connectivity index (χ4n) is 2.31. The second-order valence-corrected chi connectivity index (χ2v) is 7.70. The summed E-state index contributed by atoms with van der Waals surface area (Å²) in [6.45, 7) is 2.91. The fraction of sp³-hybridized carbons (Fsp3) is 0.300. The number of ether oxygens (including phenoxy) is 1. The number of hydrogen-bond donors (Lipinski definition) is 2. The van der Waals surface area contributed by atoms with Crippen molar-refractivity contribution in [2.24, 2.45) is 0 Å². The SMILES string of the molecule is COCCCNC(=O)c1ccccc1NC(=O)[C@@H](C)Sc1ccc(Cl)cc1. The molecule has 7 heteroatoms. The number of halogens is 1. The largest absolute Gasteiger partial charge is 0.385 e. The Morgan fingerprint density at radius 3 is 2.56 bits per heavy atom. The first-order valence-corrected chi connectivity index (χ1v) is 9.86. The maximum absolute atomic E-state index is 12.6. The average Bonchev–Trinajstić information content (AvgIpc) is 2.67. The van der Waals surface area contributed by atoms with E-state index in [2.05, 4.69) is 10.6 Å². The predicted molar refractivity (Wildman–Crippen MR) is 111 cm³/mol. The molecule has 0 aliphatic carbocycles. The van der Waals surface area contributed by atoms with Crippen LogP contribution in [0.3, 0.4) is 0 Å². The molecule has 2 aromatic rings. The van der Waals surface area contributed by atoms with Gasteiger partial charge in [-0.25, -0.2) is 0 Å². The van der Waals surface area contributed by atoms with Gasteiger partial charge >= 0.3 is 0 Å². The number of anilines is 1. The van der Waals surface area contributed by atoms with E-state index in [0.29, 0.717) is 29.4 Å². The first-order chi connectivity index (χ1) is 13.0. The van der Waals surface area contributed by atoms with Crippen molar-refractivity contribution in [1.82, 2.24) is 5.32 Å². The van der Waals surface area contributed by atoms with Gasteiger partial charge in [-0.1, -0.05) is 23.7 Å². The van der Waals surface area contributed by atoms with Crippen molar-refractivity contribution in [1.29, 1.82) is 0 Å². The van der Waals surface area contributed by atoms with Crippen LogP contribution in [0.15, 0.2) is 53.4 Å². The summed E-state index contributed by atoms with van der Waals surface area (Å²) in [7, 11) is 1.62. The minimum atomic E-state index is -0.330. The van der Waals surface area contributed by atoms with E-state index < -0.39 is 0 Å². The Morgan fingerprint density at radius 1 is 1.15 bits per heavy atom. The highest BCUT2D eigenvalue weighted by molar-refractivity contribution is 8.00. The van der Waals surface area contributed by atoms with Gasteiger partial charge in [0.15, 0.2) is 0 Å². The van der Waals surface area contributed by atoms with Gasteiger partial charge in [-0.05, 0) is 49.7 Å². The van der Waals surface area contributed by atoms with E-state index in [0.717, 1.165) is 11.3 Å². The minimum Gasteiger partial charge on any atom is -0.385 e. The van der Waals surface area contributed by atoms with Crippen molar-refractivity contribution >= 4 is 40.9 Å². The number of benzene rings is 2. The summed E-state index contributed by atoms with van der Waals surface area (Å²) < 4.78 is 4.97. The number of nitrogens with one attached hydrogen (secondary N) is 2. The summed E-state index contributed by atoms with van der Waals surface area (Å²) in [5.41, 5.74) is 0.933. The standard InChI is InChI=1S/C20H23ClN2O3S/c1-14(27-16-10-8-15(21)9-11-16)19(24)23-18-7-4-3-6-17(18)20(25)22-12-5-13-26-2/h3-4,6-11,14H,5,12-13H2,1-2H3,(H,22,25)(H,23,24)/t14-/m1/s1. The van der Waals surface area contributed by atoms with Crippen LogP contribution in [0.2, 0.25) is 5.02 Å². The molecule has 0 radical (unpaired) electrons. The van der Waals surface area contributed by atoms with Crippen LogP contribution in [-0.2, 0) is 9.53 Å². The van der Waals surface area contributed by atoms with Crippen LogP contribution >= 0.6 is 23.4 Å². The summed E-state index contributed by atoms with van der Waals surface area (Å²) in [5, 5.41) is 6.01. The van der Waals surface area contributed by atoms with Crippen molar-refractivity contribution < 1.29 is 14.3 Å². The van der Waals surface area contributed by atoms with E-state index in [1.54, 1.807) is 43.5 Å². The van der Waals surface area contributed by atoms with E-state index >= 15 is 0 Å². The Labute approximate surface area is 168 Å². The van der Waals surface area contributed by atoms with Crippen molar-refractivity contribution in [2.75, 3.05) is 25.6 Å². The van der Waals surface area contributed by atoms with Gasteiger partial charge < -0.3 is 15.4 Å². The van der Waals surface area contributed by atoms with Gasteiger partial charge in [0.2, 0.25) is 5.91 Å². The lowest BCUT2D eigenvalue weighted by atomic mass is 10.1. The Hall–Kier alpha value is -2.02. The smallest absolute Gasteiger partial charge is 0.253 e. The molecule has 27 heavy (non-hydrogen) atoms. The van der Waals surface area contributed by atoms with E-state index in [4.69, 9.17) is 16.3 Å². The highest BCUT2D eigenvalue weighted by Crippen LogP contribution is 2.26. The Bertz CT molecular complexity index is 768. The van der Waals surface area contributed by atoms with Crippen LogP contribution in [0.1, 0.15) is 23.7 Å². The molecular weight excluding hydrogens is 384 g/mol. The molecule has 2 aromatic carbocycles. The molecule has 0 saturated carbocycles. The zero-order chi connectivity index (χ0) is 19.6. The van der Waals surface area contributed by atoms with E-state index in [1.165, 1.54) is 11.8 Å². The summed E-state index contributed by atoms with van der Waals surface area (Å²) in [6, 6.07) is 14.3. The lowest BCUT2D eigenvalue weighted by Crippen LogP contribution is -2.28. The number of carbonyl (C=O) groups excluding carboxylic acids is 2. The van der Waals surface area contributed by atoms with Crippen molar-refractivity contribution in [3.8, 4) is 0 Å². The third kappa shape index (κ3) is 6.90. The number of carbonyl (C=O) groups is 2. The molecule has 0 aliphatic rings. The first-order valence-electron chi connectivity index (χ1n) is 8.60. The summed E-state index contributed by atoms with van der Waals surface area (Å²) in [4.78, 5) is 25.9. The fourth-order valence-corrected chi connectivity index (χ4v) is 3.30. The molecule has 2 rings (SSSR count). The number of methoxy groups -OCH3 is 1. The predicted octanol–water partition coefficient (Wildman–Crippen LogP) is 4.23. The van der Waals surface area contributed by atoms with Gasteiger partial charge in [0.25, 0.3) is 5.91 Å². The van der Waals surface area contributed by atoms with Gasteiger partial charge in [-0.15, -0.1) is 11.8 Å². The van der Waals surface area contributed by atoms with Gasteiger partial charge in [-0.3, -0.25) is 9.59 Å². The Kier molecular flexibility index (Phi) is 8.64. The molecule has 0 bridgehead atoms. The maximum atomic E-state index is 12.6. The monoisotopic (exact) mass is 406 g/mol. The Balaban J connectivity index is 1.98. The highest BCUT2D eigenvalue weighted by atomic mass is 35.5. The molecule has 5 nitrogen and oxygen atoms in total. The molecule has 0 heterocycles. The molecule has 0 unspecified atom stereocenters. The van der Waals surface area contributed by atoms with Crippen molar-refractivity contribution in [2.45, 2.75) is 23.5 Å². The molecule has 0 aromatic heterocycles. The number of rotatable bonds is 9. The quantitative estimate of drug-likeness (QED) is 0.483. The molecule has 0 aliphatic heterocycles. The second-order valence-electron chi connectivity index (χ2n) is 5.85. The topological polar surface area (TPSA) is 67.4 Å². The molecule has 0 saturated heterocycles. The molecule has 0 fully saturated rings. The van der Waals surface area contributed by atoms with Gasteiger partial charge in [0.05, 0.1) is 16.5 Å². The third-order valence-electron chi connectivity index (χ3n) is 3.74. The van der Waals surface area contributed by atoms with Crippen LogP contribution < -0.4 is 10.6 Å².